The minimum atomic E-state index is -0.230. The van der Waals surface area contributed by atoms with Crippen molar-refractivity contribution in [2.45, 2.75) is 20.8 Å². The Kier molecular flexibility index (Phi) is 4.94. The predicted molar refractivity (Wildman–Crippen MR) is 86.9 cm³/mol. The second-order valence-electron chi connectivity index (χ2n) is 5.06. The van der Waals surface area contributed by atoms with Gasteiger partial charge >= 0.3 is 0 Å². The fourth-order valence-corrected chi connectivity index (χ4v) is 2.08. The van der Waals surface area contributed by atoms with E-state index in [4.69, 9.17) is 4.74 Å². The van der Waals surface area contributed by atoms with E-state index in [0.717, 1.165) is 17.4 Å². The monoisotopic (exact) mass is 297 g/mol. The summed E-state index contributed by atoms with van der Waals surface area (Å²) in [6, 6.07) is 10.5. The van der Waals surface area contributed by atoms with Crippen molar-refractivity contribution in [2.75, 3.05) is 11.9 Å². The Bertz CT molecular complexity index is 707. The van der Waals surface area contributed by atoms with E-state index in [-0.39, 0.29) is 5.91 Å². The van der Waals surface area contributed by atoms with Gasteiger partial charge in [0.05, 0.1) is 12.3 Å². The summed E-state index contributed by atoms with van der Waals surface area (Å²) in [7, 11) is 0. The van der Waals surface area contributed by atoms with Crippen LogP contribution in [0.4, 0.5) is 5.69 Å². The molecule has 0 aliphatic heterocycles. The first-order chi connectivity index (χ1) is 10.5. The van der Waals surface area contributed by atoms with Crippen molar-refractivity contribution in [3.05, 3.63) is 58.7 Å². The molecule has 2 rings (SSSR count). The van der Waals surface area contributed by atoms with Crippen molar-refractivity contribution < 1.29 is 14.3 Å². The van der Waals surface area contributed by atoms with Crippen LogP contribution in [0.1, 0.15) is 38.8 Å². The van der Waals surface area contributed by atoms with Gasteiger partial charge in [0.15, 0.2) is 0 Å². The van der Waals surface area contributed by atoms with Gasteiger partial charge in [-0.1, -0.05) is 6.07 Å². The van der Waals surface area contributed by atoms with Gasteiger partial charge in [0.1, 0.15) is 12.0 Å². The van der Waals surface area contributed by atoms with Crippen LogP contribution >= 0.6 is 0 Å². The van der Waals surface area contributed by atoms with Crippen molar-refractivity contribution in [3.8, 4) is 5.75 Å². The van der Waals surface area contributed by atoms with Crippen LogP contribution in [0.15, 0.2) is 36.4 Å². The average molecular weight is 297 g/mol. The molecule has 0 atom stereocenters. The normalized spacial score (nSPS) is 10.1. The van der Waals surface area contributed by atoms with Crippen LogP contribution in [-0.2, 0) is 0 Å². The molecule has 0 spiro atoms. The maximum atomic E-state index is 12.4. The molecule has 4 nitrogen and oxygen atoms in total. The van der Waals surface area contributed by atoms with E-state index in [2.05, 4.69) is 5.32 Å². The van der Waals surface area contributed by atoms with Crippen LogP contribution in [0.25, 0.3) is 0 Å². The number of benzene rings is 2. The van der Waals surface area contributed by atoms with Crippen molar-refractivity contribution in [1.82, 2.24) is 0 Å². The van der Waals surface area contributed by atoms with Gasteiger partial charge in [0.25, 0.3) is 5.91 Å². The Balaban J connectivity index is 2.29. The Morgan fingerprint density at radius 1 is 1.14 bits per heavy atom. The number of anilines is 1. The lowest BCUT2D eigenvalue weighted by molar-refractivity contribution is 0.102. The SMILES string of the molecule is CCOc1ccc(C=O)cc1NC(=O)c1ccc(C)c(C)c1. The third-order valence-electron chi connectivity index (χ3n) is 3.46. The van der Waals surface area contributed by atoms with Gasteiger partial charge in [-0.3, -0.25) is 9.59 Å². The van der Waals surface area contributed by atoms with E-state index >= 15 is 0 Å². The Morgan fingerprint density at radius 2 is 1.91 bits per heavy atom. The lowest BCUT2D eigenvalue weighted by Crippen LogP contribution is -2.13. The highest BCUT2D eigenvalue weighted by molar-refractivity contribution is 6.05. The number of hydrogen-bond donors (Lipinski definition) is 1. The van der Waals surface area contributed by atoms with Crippen molar-refractivity contribution in [3.63, 3.8) is 0 Å². The molecule has 4 heteroatoms. The van der Waals surface area contributed by atoms with E-state index in [1.165, 1.54) is 0 Å². The van der Waals surface area contributed by atoms with Crippen LogP contribution in [0.3, 0.4) is 0 Å². The molecule has 0 saturated carbocycles. The zero-order chi connectivity index (χ0) is 16.1. The molecule has 1 N–H and O–H groups in total. The first kappa shape index (κ1) is 15.8. The van der Waals surface area contributed by atoms with Gasteiger partial charge < -0.3 is 10.1 Å². The zero-order valence-electron chi connectivity index (χ0n) is 13.0. The van der Waals surface area contributed by atoms with Gasteiger partial charge in [0.2, 0.25) is 0 Å². The molecule has 114 valence electrons. The molecule has 0 aliphatic rings. The summed E-state index contributed by atoms with van der Waals surface area (Å²) in [4.78, 5) is 23.3. The standard InChI is InChI=1S/C18H19NO3/c1-4-22-17-8-6-14(11-20)10-16(17)19-18(21)15-7-5-12(2)13(3)9-15/h5-11H,4H2,1-3H3,(H,19,21). The van der Waals surface area contributed by atoms with Crippen LogP contribution in [-0.4, -0.2) is 18.8 Å². The van der Waals surface area contributed by atoms with Crippen molar-refractivity contribution in [2.24, 2.45) is 0 Å². The number of amides is 1. The van der Waals surface area contributed by atoms with E-state index in [9.17, 15) is 9.59 Å². The molecule has 0 fully saturated rings. The zero-order valence-corrected chi connectivity index (χ0v) is 13.0. The maximum absolute atomic E-state index is 12.4. The largest absolute Gasteiger partial charge is 0.492 e. The number of carbonyl (C=O) groups excluding carboxylic acids is 2. The quantitative estimate of drug-likeness (QED) is 0.855. The number of ether oxygens (including phenoxy) is 1. The third-order valence-corrected chi connectivity index (χ3v) is 3.46. The molecule has 2 aromatic rings. The summed E-state index contributed by atoms with van der Waals surface area (Å²) in [5.74, 6) is 0.317. The summed E-state index contributed by atoms with van der Waals surface area (Å²) < 4.78 is 5.49. The molecular weight excluding hydrogens is 278 g/mol. The van der Waals surface area contributed by atoms with Crippen LogP contribution in [0.5, 0.6) is 5.75 Å². The Morgan fingerprint density at radius 3 is 2.55 bits per heavy atom. The predicted octanol–water partition coefficient (Wildman–Crippen LogP) is 3.77. The fraction of sp³-hybridized carbons (Fsp3) is 0.222. The molecule has 22 heavy (non-hydrogen) atoms. The topological polar surface area (TPSA) is 55.4 Å². The van der Waals surface area contributed by atoms with Gasteiger partial charge in [-0.05, 0) is 62.2 Å². The smallest absolute Gasteiger partial charge is 0.255 e. The molecular formula is C18H19NO3. The lowest BCUT2D eigenvalue weighted by atomic mass is 10.1. The summed E-state index contributed by atoms with van der Waals surface area (Å²) in [6.07, 6.45) is 0.738. The van der Waals surface area contributed by atoms with Crippen molar-refractivity contribution >= 4 is 17.9 Å². The molecule has 0 aromatic heterocycles. The molecule has 0 unspecified atom stereocenters. The van der Waals surface area contributed by atoms with Gasteiger partial charge in [-0.25, -0.2) is 0 Å². The first-order valence-electron chi connectivity index (χ1n) is 7.15. The van der Waals surface area contributed by atoms with Gasteiger partial charge in [0, 0.05) is 11.1 Å². The fourth-order valence-electron chi connectivity index (χ4n) is 2.08. The van der Waals surface area contributed by atoms with Crippen LogP contribution in [0, 0.1) is 13.8 Å². The lowest BCUT2D eigenvalue weighted by Gasteiger charge is -2.12. The molecule has 0 bridgehead atoms. The molecule has 1 amide bonds. The molecule has 0 aliphatic carbocycles. The van der Waals surface area contributed by atoms with Crippen LogP contribution < -0.4 is 10.1 Å². The molecule has 0 radical (unpaired) electrons. The van der Waals surface area contributed by atoms with Gasteiger partial charge in [-0.15, -0.1) is 0 Å². The third kappa shape index (κ3) is 3.52. The van der Waals surface area contributed by atoms with E-state index in [0.29, 0.717) is 29.2 Å². The highest BCUT2D eigenvalue weighted by Crippen LogP contribution is 2.26. The minimum absolute atomic E-state index is 0.230. The number of hydrogen-bond acceptors (Lipinski definition) is 3. The van der Waals surface area contributed by atoms with E-state index < -0.39 is 0 Å². The Hall–Kier alpha value is -2.62. The Labute approximate surface area is 130 Å². The maximum Gasteiger partial charge on any atom is 0.255 e. The van der Waals surface area contributed by atoms with E-state index in [1.54, 1.807) is 24.3 Å². The van der Waals surface area contributed by atoms with E-state index in [1.807, 2.05) is 32.9 Å². The number of aryl methyl sites for hydroxylation is 2. The minimum Gasteiger partial charge on any atom is -0.492 e. The highest BCUT2D eigenvalue weighted by Gasteiger charge is 2.11. The number of aldehydes is 1. The molecule has 0 saturated heterocycles. The summed E-state index contributed by atoms with van der Waals surface area (Å²) in [6.45, 7) is 6.30. The first-order valence-corrected chi connectivity index (χ1v) is 7.15. The van der Waals surface area contributed by atoms with Crippen molar-refractivity contribution in [1.29, 1.82) is 0 Å². The van der Waals surface area contributed by atoms with Crippen LogP contribution in [0.2, 0.25) is 0 Å². The number of carbonyl (C=O) groups is 2. The number of nitrogens with one attached hydrogen (secondary N) is 1. The summed E-state index contributed by atoms with van der Waals surface area (Å²) >= 11 is 0. The second-order valence-corrected chi connectivity index (χ2v) is 5.06. The second kappa shape index (κ2) is 6.89. The average Bonchev–Trinajstić information content (AvgIpc) is 2.51. The highest BCUT2D eigenvalue weighted by atomic mass is 16.5. The summed E-state index contributed by atoms with van der Waals surface area (Å²) in [5, 5.41) is 2.81. The summed E-state index contributed by atoms with van der Waals surface area (Å²) in [5.41, 5.74) is 3.74. The number of rotatable bonds is 5. The molecule has 2 aromatic carbocycles. The molecule has 0 heterocycles. The van der Waals surface area contributed by atoms with Gasteiger partial charge in [-0.2, -0.15) is 0 Å².